The Morgan fingerprint density at radius 3 is 2.54 bits per heavy atom. The Hall–Kier alpha value is -1.64. The maximum Gasteiger partial charge on any atom is 0.237 e. The SMILES string of the molecule is CS(=O)(=O)c1ccc(OCCNC(=O)C(N)C2CCOCC2)cc1. The first-order valence-corrected chi connectivity index (χ1v) is 9.81. The van der Waals surface area contributed by atoms with E-state index in [0.29, 0.717) is 25.5 Å². The predicted molar refractivity (Wildman–Crippen MR) is 89.6 cm³/mol. The maximum atomic E-state index is 12.0. The van der Waals surface area contributed by atoms with E-state index in [0.717, 1.165) is 19.1 Å². The zero-order valence-corrected chi connectivity index (χ0v) is 14.6. The molecule has 2 rings (SSSR count). The summed E-state index contributed by atoms with van der Waals surface area (Å²) in [5.74, 6) is 0.520. The fourth-order valence-corrected chi connectivity index (χ4v) is 3.16. The molecule has 0 aromatic heterocycles. The van der Waals surface area contributed by atoms with Gasteiger partial charge in [0.2, 0.25) is 5.91 Å². The first kappa shape index (κ1) is 18.7. The number of hydrogen-bond acceptors (Lipinski definition) is 6. The Morgan fingerprint density at radius 1 is 1.33 bits per heavy atom. The van der Waals surface area contributed by atoms with Gasteiger partial charge in [0, 0.05) is 19.5 Å². The van der Waals surface area contributed by atoms with Gasteiger partial charge in [-0.3, -0.25) is 4.79 Å². The molecule has 1 saturated heterocycles. The average Bonchev–Trinajstić information content (AvgIpc) is 2.58. The van der Waals surface area contributed by atoms with Crippen molar-refractivity contribution in [2.24, 2.45) is 11.7 Å². The molecule has 0 spiro atoms. The van der Waals surface area contributed by atoms with Gasteiger partial charge in [0.05, 0.1) is 17.5 Å². The smallest absolute Gasteiger partial charge is 0.237 e. The van der Waals surface area contributed by atoms with Crippen molar-refractivity contribution in [1.82, 2.24) is 5.32 Å². The van der Waals surface area contributed by atoms with E-state index in [2.05, 4.69) is 5.32 Å². The van der Waals surface area contributed by atoms with Crippen LogP contribution in [0.1, 0.15) is 12.8 Å². The highest BCUT2D eigenvalue weighted by atomic mass is 32.2. The van der Waals surface area contributed by atoms with Crippen LogP contribution in [0.4, 0.5) is 0 Å². The summed E-state index contributed by atoms with van der Waals surface area (Å²) in [7, 11) is -3.21. The summed E-state index contributed by atoms with van der Waals surface area (Å²) in [6, 6.07) is 5.63. The normalized spacial score (nSPS) is 17.2. The van der Waals surface area contributed by atoms with Gasteiger partial charge in [0.25, 0.3) is 0 Å². The Morgan fingerprint density at radius 2 is 1.96 bits per heavy atom. The molecule has 1 aliphatic rings. The molecule has 24 heavy (non-hydrogen) atoms. The monoisotopic (exact) mass is 356 g/mol. The molecule has 1 heterocycles. The number of nitrogens with two attached hydrogens (primary N) is 1. The van der Waals surface area contributed by atoms with Crippen molar-refractivity contribution in [1.29, 1.82) is 0 Å². The number of rotatable bonds is 7. The molecular weight excluding hydrogens is 332 g/mol. The molecule has 1 fully saturated rings. The third-order valence-electron chi connectivity index (χ3n) is 4.00. The maximum absolute atomic E-state index is 12.0. The highest BCUT2D eigenvalue weighted by molar-refractivity contribution is 7.90. The van der Waals surface area contributed by atoms with Crippen LogP contribution in [0.25, 0.3) is 0 Å². The van der Waals surface area contributed by atoms with Crippen LogP contribution < -0.4 is 15.8 Å². The van der Waals surface area contributed by atoms with E-state index in [1.807, 2.05) is 0 Å². The summed E-state index contributed by atoms with van der Waals surface area (Å²) < 4.78 is 33.5. The van der Waals surface area contributed by atoms with Crippen LogP contribution in [0, 0.1) is 5.92 Å². The molecule has 0 saturated carbocycles. The van der Waals surface area contributed by atoms with Gasteiger partial charge in [0.15, 0.2) is 9.84 Å². The van der Waals surface area contributed by atoms with Crippen molar-refractivity contribution < 1.29 is 22.7 Å². The molecule has 7 nitrogen and oxygen atoms in total. The Balaban J connectivity index is 1.71. The number of sulfone groups is 1. The topological polar surface area (TPSA) is 108 Å². The second-order valence-corrected chi connectivity index (χ2v) is 7.87. The number of amides is 1. The fourth-order valence-electron chi connectivity index (χ4n) is 2.53. The molecule has 1 aromatic carbocycles. The van der Waals surface area contributed by atoms with Gasteiger partial charge in [-0.1, -0.05) is 0 Å². The first-order valence-electron chi connectivity index (χ1n) is 7.92. The Bertz CT molecular complexity index is 639. The molecule has 0 radical (unpaired) electrons. The van der Waals surface area contributed by atoms with E-state index in [9.17, 15) is 13.2 Å². The third-order valence-corrected chi connectivity index (χ3v) is 5.13. The van der Waals surface area contributed by atoms with E-state index in [1.54, 1.807) is 12.1 Å². The summed E-state index contributed by atoms with van der Waals surface area (Å²) in [5.41, 5.74) is 5.98. The number of benzene rings is 1. The van der Waals surface area contributed by atoms with Gasteiger partial charge in [0.1, 0.15) is 12.4 Å². The second kappa shape index (κ2) is 8.46. The van der Waals surface area contributed by atoms with Crippen LogP contribution >= 0.6 is 0 Å². The van der Waals surface area contributed by atoms with Crippen LogP contribution in [0.3, 0.4) is 0 Å². The molecule has 1 atom stereocenters. The van der Waals surface area contributed by atoms with Gasteiger partial charge in [-0.25, -0.2) is 8.42 Å². The Labute approximate surface area is 142 Å². The lowest BCUT2D eigenvalue weighted by molar-refractivity contribution is -0.124. The van der Waals surface area contributed by atoms with E-state index >= 15 is 0 Å². The van der Waals surface area contributed by atoms with Gasteiger partial charge < -0.3 is 20.5 Å². The van der Waals surface area contributed by atoms with Crippen LogP contribution in [0.5, 0.6) is 5.75 Å². The number of carbonyl (C=O) groups is 1. The van der Waals surface area contributed by atoms with E-state index in [4.69, 9.17) is 15.2 Å². The van der Waals surface area contributed by atoms with Gasteiger partial charge >= 0.3 is 0 Å². The highest BCUT2D eigenvalue weighted by Gasteiger charge is 2.26. The zero-order chi connectivity index (χ0) is 17.6. The third kappa shape index (κ3) is 5.47. The number of hydrogen-bond donors (Lipinski definition) is 2. The van der Waals surface area contributed by atoms with Gasteiger partial charge in [-0.05, 0) is 43.0 Å². The standard InChI is InChI=1S/C16H24N2O5S/c1-24(20,21)14-4-2-13(3-5-14)23-11-8-18-16(19)15(17)12-6-9-22-10-7-12/h2-5,12,15H,6-11,17H2,1H3,(H,18,19). The molecule has 134 valence electrons. The van der Waals surface area contributed by atoms with Crippen LogP contribution in [0.2, 0.25) is 0 Å². The van der Waals surface area contributed by atoms with Gasteiger partial charge in [-0.2, -0.15) is 0 Å². The summed E-state index contributed by atoms with van der Waals surface area (Å²) in [5, 5.41) is 2.76. The lowest BCUT2D eigenvalue weighted by Gasteiger charge is -2.26. The number of carbonyl (C=O) groups excluding carboxylic acids is 1. The molecule has 1 amide bonds. The fraction of sp³-hybridized carbons (Fsp3) is 0.562. The predicted octanol–water partition coefficient (Wildman–Crippen LogP) is 0.339. The molecular formula is C16H24N2O5S. The molecule has 3 N–H and O–H groups in total. The van der Waals surface area contributed by atoms with Crippen molar-refractivity contribution >= 4 is 15.7 Å². The minimum Gasteiger partial charge on any atom is -0.492 e. The summed E-state index contributed by atoms with van der Waals surface area (Å²) >= 11 is 0. The molecule has 8 heteroatoms. The largest absolute Gasteiger partial charge is 0.492 e. The van der Waals surface area contributed by atoms with Crippen LogP contribution in [-0.4, -0.2) is 53.0 Å². The minimum atomic E-state index is -3.21. The molecule has 0 bridgehead atoms. The lowest BCUT2D eigenvalue weighted by Crippen LogP contribution is -2.47. The van der Waals surface area contributed by atoms with Crippen LogP contribution in [-0.2, 0) is 19.4 Å². The van der Waals surface area contributed by atoms with Crippen molar-refractivity contribution in [3.05, 3.63) is 24.3 Å². The molecule has 1 aliphatic heterocycles. The van der Waals surface area contributed by atoms with Crippen molar-refractivity contribution in [3.63, 3.8) is 0 Å². The summed E-state index contributed by atoms with van der Waals surface area (Å²) in [6.07, 6.45) is 2.76. The van der Waals surface area contributed by atoms with E-state index in [1.165, 1.54) is 12.1 Å². The lowest BCUT2D eigenvalue weighted by atomic mass is 9.92. The van der Waals surface area contributed by atoms with Crippen molar-refractivity contribution in [3.8, 4) is 5.75 Å². The van der Waals surface area contributed by atoms with E-state index in [-0.39, 0.29) is 23.3 Å². The average molecular weight is 356 g/mol. The second-order valence-electron chi connectivity index (χ2n) is 5.86. The minimum absolute atomic E-state index is 0.156. The molecule has 1 aromatic rings. The highest BCUT2D eigenvalue weighted by Crippen LogP contribution is 2.18. The van der Waals surface area contributed by atoms with Crippen molar-refractivity contribution in [2.45, 2.75) is 23.8 Å². The zero-order valence-electron chi connectivity index (χ0n) is 13.7. The van der Waals surface area contributed by atoms with Gasteiger partial charge in [-0.15, -0.1) is 0 Å². The van der Waals surface area contributed by atoms with E-state index < -0.39 is 15.9 Å². The first-order chi connectivity index (χ1) is 11.4. The number of ether oxygens (including phenoxy) is 2. The Kier molecular flexibility index (Phi) is 6.59. The summed E-state index contributed by atoms with van der Waals surface area (Å²) in [6.45, 7) is 1.92. The quantitative estimate of drug-likeness (QED) is 0.682. The molecule has 1 unspecified atom stereocenters. The molecule has 0 aliphatic carbocycles. The number of nitrogens with one attached hydrogen (secondary N) is 1. The van der Waals surface area contributed by atoms with Crippen LogP contribution in [0.15, 0.2) is 29.2 Å². The van der Waals surface area contributed by atoms with Crippen molar-refractivity contribution in [2.75, 3.05) is 32.6 Å². The summed E-state index contributed by atoms with van der Waals surface area (Å²) in [4.78, 5) is 12.3.